The second kappa shape index (κ2) is 6.36. The summed E-state index contributed by atoms with van der Waals surface area (Å²) in [5.41, 5.74) is 1.42. The molecule has 0 aromatic heterocycles. The summed E-state index contributed by atoms with van der Waals surface area (Å²) < 4.78 is 0. The van der Waals surface area contributed by atoms with Crippen molar-refractivity contribution in [2.24, 2.45) is 5.92 Å². The molecule has 4 amide bonds. The van der Waals surface area contributed by atoms with Crippen LogP contribution in [0.3, 0.4) is 0 Å². The Balaban J connectivity index is 2.03. The number of aryl methyl sites for hydroxylation is 1. The van der Waals surface area contributed by atoms with Gasteiger partial charge in [0.05, 0.1) is 10.7 Å². The van der Waals surface area contributed by atoms with Crippen LogP contribution < -0.4 is 10.6 Å². The highest BCUT2D eigenvalue weighted by molar-refractivity contribution is 6.33. The lowest BCUT2D eigenvalue weighted by Gasteiger charge is -2.14. The molecule has 0 bridgehead atoms. The molecule has 1 aromatic rings. The minimum atomic E-state index is -0.580. The number of hydrogen-bond acceptors (Lipinski definition) is 3. The van der Waals surface area contributed by atoms with Crippen LogP contribution in [0.5, 0.6) is 0 Å². The van der Waals surface area contributed by atoms with Crippen LogP contribution in [0.1, 0.15) is 19.4 Å². The number of urea groups is 1. The number of halogens is 1. The number of imide groups is 1. The zero-order chi connectivity index (χ0) is 16.4. The molecule has 2 rings (SSSR count). The normalized spacial score (nSPS) is 17.9. The predicted molar refractivity (Wildman–Crippen MR) is 83.7 cm³/mol. The quantitative estimate of drug-likeness (QED) is 0.833. The fraction of sp³-hybridized carbons (Fsp3) is 0.400. The fourth-order valence-corrected chi connectivity index (χ4v) is 2.48. The number of carbonyl (C=O) groups excluding carboxylic acids is 3. The number of benzene rings is 1. The number of nitrogens with one attached hydrogen (secondary N) is 2. The summed E-state index contributed by atoms with van der Waals surface area (Å²) in [7, 11) is 0. The Morgan fingerprint density at radius 2 is 2.09 bits per heavy atom. The summed E-state index contributed by atoms with van der Waals surface area (Å²) in [5, 5.41) is 5.59. The average Bonchev–Trinajstić information content (AvgIpc) is 2.70. The minimum Gasteiger partial charge on any atom is -0.326 e. The lowest BCUT2D eigenvalue weighted by atomic mass is 10.1. The van der Waals surface area contributed by atoms with Gasteiger partial charge >= 0.3 is 6.03 Å². The van der Waals surface area contributed by atoms with Gasteiger partial charge in [-0.15, -0.1) is 0 Å². The van der Waals surface area contributed by atoms with E-state index in [1.54, 1.807) is 12.1 Å². The first-order valence-corrected chi connectivity index (χ1v) is 7.35. The molecule has 0 aliphatic carbocycles. The van der Waals surface area contributed by atoms with E-state index in [1.165, 1.54) is 0 Å². The summed E-state index contributed by atoms with van der Waals surface area (Å²) in [6.07, 6.45) is 0. The van der Waals surface area contributed by atoms with Gasteiger partial charge in [-0.2, -0.15) is 0 Å². The van der Waals surface area contributed by atoms with Gasteiger partial charge in [0, 0.05) is 0 Å². The molecule has 1 aliphatic rings. The number of carbonyl (C=O) groups is 3. The topological polar surface area (TPSA) is 78.5 Å². The van der Waals surface area contributed by atoms with Crippen molar-refractivity contribution in [3.8, 4) is 0 Å². The highest BCUT2D eigenvalue weighted by atomic mass is 35.5. The molecule has 1 fully saturated rings. The van der Waals surface area contributed by atoms with Crippen LogP contribution in [0.15, 0.2) is 18.2 Å². The Morgan fingerprint density at radius 1 is 1.41 bits per heavy atom. The summed E-state index contributed by atoms with van der Waals surface area (Å²) in [6, 6.07) is 4.08. The van der Waals surface area contributed by atoms with Gasteiger partial charge in [0.1, 0.15) is 12.6 Å². The lowest BCUT2D eigenvalue weighted by Crippen LogP contribution is -2.39. The van der Waals surface area contributed by atoms with E-state index in [0.29, 0.717) is 10.7 Å². The van der Waals surface area contributed by atoms with Crippen molar-refractivity contribution in [3.63, 3.8) is 0 Å². The Morgan fingerprint density at radius 3 is 2.64 bits per heavy atom. The monoisotopic (exact) mass is 323 g/mol. The van der Waals surface area contributed by atoms with Gasteiger partial charge in [-0.05, 0) is 30.5 Å². The van der Waals surface area contributed by atoms with Crippen LogP contribution >= 0.6 is 11.6 Å². The molecule has 118 valence electrons. The smallest absolute Gasteiger partial charge is 0.325 e. The second-order valence-electron chi connectivity index (χ2n) is 5.63. The Bertz CT molecular complexity index is 630. The largest absolute Gasteiger partial charge is 0.326 e. The summed E-state index contributed by atoms with van der Waals surface area (Å²) >= 11 is 6.04. The Labute approximate surface area is 133 Å². The third kappa shape index (κ3) is 3.39. The van der Waals surface area contributed by atoms with Crippen molar-refractivity contribution < 1.29 is 14.4 Å². The lowest BCUT2D eigenvalue weighted by molar-refractivity contribution is -0.131. The van der Waals surface area contributed by atoms with E-state index in [0.717, 1.165) is 10.5 Å². The molecule has 6 nitrogen and oxygen atoms in total. The van der Waals surface area contributed by atoms with E-state index in [2.05, 4.69) is 10.6 Å². The van der Waals surface area contributed by atoms with E-state index >= 15 is 0 Å². The van der Waals surface area contributed by atoms with Crippen LogP contribution in [-0.2, 0) is 9.59 Å². The Hall–Kier alpha value is -2.08. The highest BCUT2D eigenvalue weighted by Crippen LogP contribution is 2.22. The third-order valence-corrected chi connectivity index (χ3v) is 3.74. The molecule has 0 saturated carbocycles. The first-order chi connectivity index (χ1) is 10.3. The number of rotatable bonds is 4. The molecule has 1 aliphatic heterocycles. The number of hydrogen-bond donors (Lipinski definition) is 2. The van der Waals surface area contributed by atoms with E-state index in [4.69, 9.17) is 11.6 Å². The molecular weight excluding hydrogens is 306 g/mol. The van der Waals surface area contributed by atoms with Crippen LogP contribution in [0.4, 0.5) is 10.5 Å². The van der Waals surface area contributed by atoms with Crippen molar-refractivity contribution in [1.29, 1.82) is 0 Å². The molecule has 1 unspecified atom stereocenters. The molecule has 0 radical (unpaired) electrons. The van der Waals surface area contributed by atoms with E-state index in [-0.39, 0.29) is 18.4 Å². The zero-order valence-corrected chi connectivity index (χ0v) is 13.4. The maximum Gasteiger partial charge on any atom is 0.325 e. The molecule has 1 heterocycles. The van der Waals surface area contributed by atoms with Crippen molar-refractivity contribution in [2.75, 3.05) is 11.9 Å². The first-order valence-electron chi connectivity index (χ1n) is 6.97. The third-order valence-electron chi connectivity index (χ3n) is 3.42. The number of amides is 4. The van der Waals surface area contributed by atoms with Crippen LogP contribution in [0.25, 0.3) is 0 Å². The highest BCUT2D eigenvalue weighted by Gasteiger charge is 2.40. The van der Waals surface area contributed by atoms with E-state index in [9.17, 15) is 14.4 Å². The fourth-order valence-electron chi connectivity index (χ4n) is 2.20. The van der Waals surface area contributed by atoms with Crippen molar-refractivity contribution >= 4 is 35.1 Å². The number of nitrogens with zero attached hydrogens (tertiary/aromatic N) is 1. The van der Waals surface area contributed by atoms with Gasteiger partial charge in [-0.25, -0.2) is 4.79 Å². The summed E-state index contributed by atoms with van der Waals surface area (Å²) in [4.78, 5) is 36.8. The van der Waals surface area contributed by atoms with Crippen LogP contribution in [-0.4, -0.2) is 35.3 Å². The van der Waals surface area contributed by atoms with Crippen LogP contribution in [0.2, 0.25) is 5.02 Å². The molecule has 22 heavy (non-hydrogen) atoms. The Kier molecular flexibility index (Phi) is 4.71. The number of anilines is 1. The summed E-state index contributed by atoms with van der Waals surface area (Å²) in [5.74, 6) is -0.889. The molecule has 1 saturated heterocycles. The van der Waals surface area contributed by atoms with Gasteiger partial charge < -0.3 is 10.6 Å². The SMILES string of the molecule is Cc1ccc(NC(=O)CN2C(=O)NC(C(C)C)C2=O)c(Cl)c1. The molecule has 7 heteroatoms. The standard InChI is InChI=1S/C15H18ClN3O3/c1-8(2)13-14(21)19(15(22)18-13)7-12(20)17-11-5-4-9(3)6-10(11)16/h4-6,8,13H,7H2,1-3H3,(H,17,20)(H,18,22). The maximum atomic E-state index is 12.1. The van der Waals surface area contributed by atoms with Crippen molar-refractivity contribution in [2.45, 2.75) is 26.8 Å². The zero-order valence-electron chi connectivity index (χ0n) is 12.6. The molecule has 1 aromatic carbocycles. The van der Waals surface area contributed by atoms with Crippen LogP contribution in [0, 0.1) is 12.8 Å². The van der Waals surface area contributed by atoms with Gasteiger partial charge in [0.2, 0.25) is 5.91 Å². The first kappa shape index (κ1) is 16.3. The van der Waals surface area contributed by atoms with Gasteiger partial charge in [-0.1, -0.05) is 31.5 Å². The van der Waals surface area contributed by atoms with E-state index < -0.39 is 18.0 Å². The average molecular weight is 324 g/mol. The minimum absolute atomic E-state index is 0.0314. The summed E-state index contributed by atoms with van der Waals surface area (Å²) in [6.45, 7) is 5.21. The molecule has 2 N–H and O–H groups in total. The molecule has 0 spiro atoms. The molecular formula is C15H18ClN3O3. The van der Waals surface area contributed by atoms with E-state index in [1.807, 2.05) is 26.8 Å². The van der Waals surface area contributed by atoms with Crippen molar-refractivity contribution in [3.05, 3.63) is 28.8 Å². The molecule has 1 atom stereocenters. The van der Waals surface area contributed by atoms with Gasteiger partial charge in [0.25, 0.3) is 5.91 Å². The predicted octanol–water partition coefficient (Wildman–Crippen LogP) is 2.16. The van der Waals surface area contributed by atoms with Gasteiger partial charge in [0.15, 0.2) is 0 Å². The van der Waals surface area contributed by atoms with Crippen molar-refractivity contribution in [1.82, 2.24) is 10.2 Å². The maximum absolute atomic E-state index is 12.1. The second-order valence-corrected chi connectivity index (χ2v) is 6.03. The van der Waals surface area contributed by atoms with Gasteiger partial charge in [-0.3, -0.25) is 14.5 Å².